The van der Waals surface area contributed by atoms with E-state index >= 15 is 0 Å². The largest absolute Gasteiger partial charge is 0.401 e. The second-order valence-electron chi connectivity index (χ2n) is 8.74. The topological polar surface area (TPSA) is 53.0 Å². The third-order valence-corrected chi connectivity index (χ3v) is 6.86. The van der Waals surface area contributed by atoms with Crippen LogP contribution in [0.2, 0.25) is 0 Å². The number of alkyl halides is 3. The minimum Gasteiger partial charge on any atom is -0.385 e. The van der Waals surface area contributed by atoms with Gasteiger partial charge in [-0.1, -0.05) is 43.2 Å². The van der Waals surface area contributed by atoms with Gasteiger partial charge in [0, 0.05) is 31.6 Å². The first-order valence-electron chi connectivity index (χ1n) is 10.8. The van der Waals surface area contributed by atoms with E-state index in [-0.39, 0.29) is 37.6 Å². The first-order valence-corrected chi connectivity index (χ1v) is 10.8. The summed E-state index contributed by atoms with van der Waals surface area (Å²) in [5.74, 6) is -0.324. The van der Waals surface area contributed by atoms with Crippen molar-refractivity contribution in [3.8, 4) is 0 Å². The Morgan fingerprint density at radius 2 is 1.90 bits per heavy atom. The van der Waals surface area contributed by atoms with Crippen molar-refractivity contribution in [1.29, 1.82) is 0 Å². The predicted molar refractivity (Wildman–Crippen MR) is 105 cm³/mol. The zero-order valence-corrected chi connectivity index (χ0v) is 17.0. The molecule has 1 saturated carbocycles. The molecule has 2 saturated heterocycles. The monoisotopic (exact) mass is 426 g/mol. The van der Waals surface area contributed by atoms with Crippen LogP contribution in [0.1, 0.15) is 37.7 Å². The molecule has 8 heteroatoms. The zero-order chi connectivity index (χ0) is 21.4. The lowest BCUT2D eigenvalue weighted by Gasteiger charge is -2.53. The molecule has 0 spiro atoms. The van der Waals surface area contributed by atoms with Crippen LogP contribution in [-0.4, -0.2) is 71.9 Å². The molecule has 0 radical (unpaired) electrons. The Kier molecular flexibility index (Phi) is 6.10. The van der Waals surface area contributed by atoms with Gasteiger partial charge in [-0.2, -0.15) is 13.2 Å². The zero-order valence-electron chi connectivity index (χ0n) is 17.0. The van der Waals surface area contributed by atoms with Crippen molar-refractivity contribution in [2.45, 2.75) is 56.0 Å². The van der Waals surface area contributed by atoms with Crippen molar-refractivity contribution in [3.05, 3.63) is 35.9 Å². The number of morpholine rings is 1. The van der Waals surface area contributed by atoms with Crippen molar-refractivity contribution in [2.24, 2.45) is 5.92 Å². The van der Waals surface area contributed by atoms with Crippen LogP contribution in [0.5, 0.6) is 0 Å². The fourth-order valence-electron chi connectivity index (χ4n) is 5.48. The summed E-state index contributed by atoms with van der Waals surface area (Å²) >= 11 is 0. The van der Waals surface area contributed by atoms with Gasteiger partial charge in [0.25, 0.3) is 5.91 Å². The van der Waals surface area contributed by atoms with Crippen LogP contribution < -0.4 is 0 Å². The number of fused-ring (bicyclic) bond motifs is 1. The maximum atomic E-state index is 13.3. The predicted octanol–water partition coefficient (Wildman–Crippen LogP) is 2.93. The number of benzene rings is 1. The lowest BCUT2D eigenvalue weighted by molar-refractivity contribution is -0.179. The van der Waals surface area contributed by atoms with Crippen LogP contribution >= 0.6 is 0 Å². The van der Waals surface area contributed by atoms with E-state index in [1.807, 2.05) is 30.3 Å². The summed E-state index contributed by atoms with van der Waals surface area (Å²) in [6, 6.07) is 9.48. The normalized spacial score (nSPS) is 33.2. The smallest absolute Gasteiger partial charge is 0.385 e. The molecular formula is C22H29F3N2O3. The maximum absolute atomic E-state index is 13.3. The number of aliphatic hydroxyl groups is 1. The second kappa shape index (κ2) is 8.48. The summed E-state index contributed by atoms with van der Waals surface area (Å²) in [7, 11) is 0. The van der Waals surface area contributed by atoms with E-state index in [0.29, 0.717) is 13.0 Å². The Morgan fingerprint density at radius 1 is 1.17 bits per heavy atom. The van der Waals surface area contributed by atoms with Crippen molar-refractivity contribution in [3.63, 3.8) is 0 Å². The number of halogens is 3. The van der Waals surface area contributed by atoms with Gasteiger partial charge in [-0.25, -0.2) is 0 Å². The highest BCUT2D eigenvalue weighted by molar-refractivity contribution is 5.82. The molecule has 1 aromatic carbocycles. The number of hydrogen-bond donors (Lipinski definition) is 1. The Hall–Kier alpha value is -1.64. The first-order chi connectivity index (χ1) is 14.3. The molecule has 5 nitrogen and oxygen atoms in total. The summed E-state index contributed by atoms with van der Waals surface area (Å²) < 4.78 is 43.9. The average Bonchev–Trinajstić information content (AvgIpc) is 2.73. The fraction of sp³-hybridized carbons (Fsp3) is 0.682. The highest BCUT2D eigenvalue weighted by Gasteiger charge is 2.51. The minimum atomic E-state index is -4.29. The molecule has 3 fully saturated rings. The summed E-state index contributed by atoms with van der Waals surface area (Å²) in [6.45, 7) is -0.412. The summed E-state index contributed by atoms with van der Waals surface area (Å²) in [5.41, 5.74) is -0.113. The van der Waals surface area contributed by atoms with Crippen LogP contribution in [-0.2, 0) is 15.1 Å². The molecule has 1 amide bonds. The molecule has 1 aromatic rings. The van der Waals surface area contributed by atoms with Gasteiger partial charge in [-0.05, 0) is 24.8 Å². The molecule has 4 atom stereocenters. The SMILES string of the molecule is O=C(C1CN(CC(F)(F)F)CCO1)N1CC[C@@](O)(c2ccccc2)[C@@H]2CCCCC21. The number of ether oxygens (including phenoxy) is 1. The van der Waals surface area contributed by atoms with Crippen LogP contribution in [0.15, 0.2) is 30.3 Å². The van der Waals surface area contributed by atoms with E-state index in [9.17, 15) is 23.1 Å². The van der Waals surface area contributed by atoms with E-state index in [4.69, 9.17) is 4.74 Å². The van der Waals surface area contributed by atoms with Gasteiger partial charge >= 0.3 is 6.18 Å². The van der Waals surface area contributed by atoms with Crippen molar-refractivity contribution in [1.82, 2.24) is 9.80 Å². The lowest BCUT2D eigenvalue weighted by Crippen LogP contribution is -2.62. The minimum absolute atomic E-state index is 0.0464. The number of amides is 1. The molecule has 2 unspecified atom stereocenters. The van der Waals surface area contributed by atoms with E-state index in [1.165, 1.54) is 4.90 Å². The van der Waals surface area contributed by atoms with E-state index in [2.05, 4.69) is 0 Å². The van der Waals surface area contributed by atoms with E-state index in [1.54, 1.807) is 4.90 Å². The Bertz CT molecular complexity index is 745. The van der Waals surface area contributed by atoms with Gasteiger partial charge in [-0.3, -0.25) is 9.69 Å². The molecule has 3 aliphatic rings. The molecular weight excluding hydrogens is 397 g/mol. The number of carbonyl (C=O) groups excluding carboxylic acids is 1. The Balaban J connectivity index is 1.50. The van der Waals surface area contributed by atoms with Crippen molar-refractivity contribution in [2.75, 3.05) is 32.8 Å². The number of piperidine rings is 1. The number of carbonyl (C=O) groups is 1. The standard InChI is InChI=1S/C22H29F3N2O3/c23-22(24,25)15-26-12-13-30-19(14-26)20(28)27-11-10-21(29,16-6-2-1-3-7-16)17-8-4-5-9-18(17)27/h1-3,6-7,17-19,29H,4-5,8-15H2/t17-,18?,19?,21-/m1/s1. The fourth-order valence-corrected chi connectivity index (χ4v) is 5.48. The molecule has 4 rings (SSSR count). The number of nitrogens with zero attached hydrogens (tertiary/aromatic N) is 2. The Morgan fingerprint density at radius 3 is 2.63 bits per heavy atom. The summed E-state index contributed by atoms with van der Waals surface area (Å²) in [6.07, 6.45) is -1.17. The molecule has 1 N–H and O–H groups in total. The summed E-state index contributed by atoms with van der Waals surface area (Å²) in [5, 5.41) is 11.6. The number of likely N-dealkylation sites (tertiary alicyclic amines) is 1. The van der Waals surface area contributed by atoms with Crippen molar-refractivity contribution < 1.29 is 27.8 Å². The van der Waals surface area contributed by atoms with Crippen LogP contribution in [0.25, 0.3) is 0 Å². The molecule has 0 bridgehead atoms. The first kappa shape index (κ1) is 21.6. The molecule has 30 heavy (non-hydrogen) atoms. The molecule has 166 valence electrons. The summed E-state index contributed by atoms with van der Waals surface area (Å²) in [4.78, 5) is 16.3. The van der Waals surface area contributed by atoms with Crippen LogP contribution in [0, 0.1) is 5.92 Å². The quantitative estimate of drug-likeness (QED) is 0.808. The third kappa shape index (κ3) is 4.36. The highest BCUT2D eigenvalue weighted by atomic mass is 19.4. The highest BCUT2D eigenvalue weighted by Crippen LogP contribution is 2.47. The van der Waals surface area contributed by atoms with Gasteiger partial charge in [0.05, 0.1) is 18.8 Å². The number of hydrogen-bond acceptors (Lipinski definition) is 4. The molecule has 2 heterocycles. The molecule has 1 aliphatic carbocycles. The van der Waals surface area contributed by atoms with E-state index < -0.39 is 24.4 Å². The van der Waals surface area contributed by atoms with Crippen LogP contribution in [0.3, 0.4) is 0 Å². The molecule has 2 aliphatic heterocycles. The lowest BCUT2D eigenvalue weighted by atomic mass is 9.66. The van der Waals surface area contributed by atoms with Gasteiger partial charge in [0.1, 0.15) is 6.10 Å². The average molecular weight is 426 g/mol. The van der Waals surface area contributed by atoms with Gasteiger partial charge < -0.3 is 14.7 Å². The Labute approximate surface area is 174 Å². The maximum Gasteiger partial charge on any atom is 0.401 e. The molecule has 0 aromatic heterocycles. The second-order valence-corrected chi connectivity index (χ2v) is 8.74. The van der Waals surface area contributed by atoms with Crippen LogP contribution in [0.4, 0.5) is 13.2 Å². The van der Waals surface area contributed by atoms with Gasteiger partial charge in [0.2, 0.25) is 0 Å². The van der Waals surface area contributed by atoms with Crippen molar-refractivity contribution >= 4 is 5.91 Å². The van der Waals surface area contributed by atoms with Gasteiger partial charge in [-0.15, -0.1) is 0 Å². The third-order valence-electron chi connectivity index (χ3n) is 6.86. The van der Waals surface area contributed by atoms with Gasteiger partial charge in [0.15, 0.2) is 0 Å². The van der Waals surface area contributed by atoms with E-state index in [0.717, 1.165) is 31.2 Å². The number of rotatable bonds is 3.